The van der Waals surface area contributed by atoms with Gasteiger partial charge >= 0.3 is 0 Å². The summed E-state index contributed by atoms with van der Waals surface area (Å²) < 4.78 is 5.35. The third-order valence-electron chi connectivity index (χ3n) is 2.90. The van der Waals surface area contributed by atoms with Gasteiger partial charge in [-0.05, 0) is 47.9 Å². The normalized spacial score (nSPS) is 11.2. The summed E-state index contributed by atoms with van der Waals surface area (Å²) in [7, 11) is 1.74. The van der Waals surface area contributed by atoms with Crippen LogP contribution in [0.5, 0.6) is 5.75 Å². The molecule has 0 fully saturated rings. The van der Waals surface area contributed by atoms with Crippen molar-refractivity contribution >= 4 is 0 Å². The Morgan fingerprint density at radius 2 is 1.75 bits per heavy atom. The van der Waals surface area contributed by atoms with Gasteiger partial charge in [-0.1, -0.05) is 33.8 Å². The van der Waals surface area contributed by atoms with E-state index in [4.69, 9.17) is 4.74 Å². The molecule has 0 atom stereocenters. The van der Waals surface area contributed by atoms with E-state index in [1.165, 1.54) is 17.5 Å². The molecule has 0 saturated carbocycles. The number of aryl methyl sites for hydroxylation is 1. The van der Waals surface area contributed by atoms with Gasteiger partial charge in [0.1, 0.15) is 5.75 Å². The standard InChI is InChI=1S/C15H24O/c1-11(2)6-7-13-8-14(12(3)4)10-15(9-13)16-5/h8-12H,6-7H2,1-5H3. The van der Waals surface area contributed by atoms with Gasteiger partial charge in [0.15, 0.2) is 0 Å². The summed E-state index contributed by atoms with van der Waals surface area (Å²) in [5.74, 6) is 2.31. The second-order valence-corrected chi connectivity index (χ2v) is 5.20. The molecule has 0 N–H and O–H groups in total. The summed E-state index contributed by atoms with van der Waals surface area (Å²) in [5, 5.41) is 0. The Kier molecular flexibility index (Phi) is 4.85. The van der Waals surface area contributed by atoms with Crippen LogP contribution in [-0.2, 0) is 6.42 Å². The average Bonchev–Trinajstić information content (AvgIpc) is 2.25. The Morgan fingerprint density at radius 1 is 1.06 bits per heavy atom. The molecule has 0 aliphatic carbocycles. The second kappa shape index (κ2) is 5.93. The summed E-state index contributed by atoms with van der Waals surface area (Å²) in [4.78, 5) is 0. The van der Waals surface area contributed by atoms with Gasteiger partial charge in [-0.3, -0.25) is 0 Å². The highest BCUT2D eigenvalue weighted by molar-refractivity contribution is 5.36. The van der Waals surface area contributed by atoms with Gasteiger partial charge in [0.2, 0.25) is 0 Å². The number of rotatable bonds is 5. The molecule has 0 aliphatic heterocycles. The molecule has 0 heterocycles. The molecule has 1 heteroatoms. The van der Waals surface area contributed by atoms with Crippen LogP contribution in [0.3, 0.4) is 0 Å². The van der Waals surface area contributed by atoms with Crippen molar-refractivity contribution in [3.8, 4) is 5.75 Å². The zero-order chi connectivity index (χ0) is 12.1. The number of ether oxygens (including phenoxy) is 1. The molecular formula is C15H24O. The van der Waals surface area contributed by atoms with E-state index < -0.39 is 0 Å². The maximum absolute atomic E-state index is 5.35. The van der Waals surface area contributed by atoms with E-state index in [0.717, 1.165) is 18.1 Å². The lowest BCUT2D eigenvalue weighted by atomic mass is 9.96. The first kappa shape index (κ1) is 13.1. The van der Waals surface area contributed by atoms with Gasteiger partial charge in [0.05, 0.1) is 7.11 Å². The fourth-order valence-electron chi connectivity index (χ4n) is 1.74. The lowest BCUT2D eigenvalue weighted by molar-refractivity contribution is 0.413. The van der Waals surface area contributed by atoms with Crippen molar-refractivity contribution in [3.05, 3.63) is 29.3 Å². The number of hydrogen-bond acceptors (Lipinski definition) is 1. The predicted molar refractivity (Wildman–Crippen MR) is 70.2 cm³/mol. The van der Waals surface area contributed by atoms with Crippen molar-refractivity contribution in [2.45, 2.75) is 46.5 Å². The van der Waals surface area contributed by atoms with E-state index in [0.29, 0.717) is 5.92 Å². The molecule has 0 aliphatic rings. The third kappa shape index (κ3) is 3.88. The van der Waals surface area contributed by atoms with Crippen molar-refractivity contribution < 1.29 is 4.74 Å². The minimum absolute atomic E-state index is 0.563. The van der Waals surface area contributed by atoms with Crippen LogP contribution in [0.4, 0.5) is 0 Å². The average molecular weight is 220 g/mol. The van der Waals surface area contributed by atoms with Crippen LogP contribution < -0.4 is 4.74 Å². The van der Waals surface area contributed by atoms with Crippen LogP contribution in [0.1, 0.15) is 51.2 Å². The minimum atomic E-state index is 0.563. The van der Waals surface area contributed by atoms with E-state index in [1.807, 2.05) is 0 Å². The quantitative estimate of drug-likeness (QED) is 0.714. The molecule has 0 aromatic heterocycles. The molecule has 1 aromatic carbocycles. The van der Waals surface area contributed by atoms with E-state index >= 15 is 0 Å². The molecule has 16 heavy (non-hydrogen) atoms. The molecule has 1 aromatic rings. The van der Waals surface area contributed by atoms with Crippen molar-refractivity contribution in [3.63, 3.8) is 0 Å². The highest BCUT2D eigenvalue weighted by Gasteiger charge is 2.05. The topological polar surface area (TPSA) is 9.23 Å². The van der Waals surface area contributed by atoms with Crippen LogP contribution in [0.25, 0.3) is 0 Å². The lowest BCUT2D eigenvalue weighted by Crippen LogP contribution is -1.96. The van der Waals surface area contributed by atoms with Gasteiger partial charge in [-0.25, -0.2) is 0 Å². The van der Waals surface area contributed by atoms with Crippen molar-refractivity contribution in [1.82, 2.24) is 0 Å². The second-order valence-electron chi connectivity index (χ2n) is 5.20. The summed E-state index contributed by atoms with van der Waals surface area (Å²) >= 11 is 0. The molecule has 0 amide bonds. The molecule has 0 bridgehead atoms. The molecule has 0 spiro atoms. The molecule has 90 valence electrons. The van der Waals surface area contributed by atoms with Gasteiger partial charge in [0, 0.05) is 0 Å². The molecule has 1 nitrogen and oxygen atoms in total. The summed E-state index contributed by atoms with van der Waals surface area (Å²) in [6, 6.07) is 6.62. The van der Waals surface area contributed by atoms with Crippen LogP contribution in [0.2, 0.25) is 0 Å². The molecular weight excluding hydrogens is 196 g/mol. The first-order valence-corrected chi connectivity index (χ1v) is 6.20. The summed E-state index contributed by atoms with van der Waals surface area (Å²) in [6.07, 6.45) is 2.39. The fraction of sp³-hybridized carbons (Fsp3) is 0.600. The van der Waals surface area contributed by atoms with Gasteiger partial charge in [0.25, 0.3) is 0 Å². The Hall–Kier alpha value is -0.980. The van der Waals surface area contributed by atoms with Gasteiger partial charge in [-0.15, -0.1) is 0 Å². The largest absolute Gasteiger partial charge is 0.497 e. The number of benzene rings is 1. The van der Waals surface area contributed by atoms with E-state index in [-0.39, 0.29) is 0 Å². The van der Waals surface area contributed by atoms with Crippen LogP contribution in [-0.4, -0.2) is 7.11 Å². The number of methoxy groups -OCH3 is 1. The maximum atomic E-state index is 5.35. The Morgan fingerprint density at radius 3 is 2.25 bits per heavy atom. The van der Waals surface area contributed by atoms with Crippen LogP contribution in [0, 0.1) is 5.92 Å². The Balaban J connectivity index is 2.86. The third-order valence-corrected chi connectivity index (χ3v) is 2.90. The van der Waals surface area contributed by atoms with Crippen LogP contribution in [0.15, 0.2) is 18.2 Å². The highest BCUT2D eigenvalue weighted by Crippen LogP contribution is 2.24. The first-order valence-electron chi connectivity index (χ1n) is 6.20. The van der Waals surface area contributed by atoms with Gasteiger partial charge < -0.3 is 4.74 Å². The SMILES string of the molecule is COc1cc(CCC(C)C)cc(C(C)C)c1. The lowest BCUT2D eigenvalue weighted by Gasteiger charge is -2.12. The van der Waals surface area contributed by atoms with Crippen molar-refractivity contribution in [1.29, 1.82) is 0 Å². The molecule has 1 rings (SSSR count). The molecule has 0 radical (unpaired) electrons. The van der Waals surface area contributed by atoms with Crippen LogP contribution >= 0.6 is 0 Å². The first-order chi connectivity index (χ1) is 7.52. The number of hydrogen-bond donors (Lipinski definition) is 0. The highest BCUT2D eigenvalue weighted by atomic mass is 16.5. The van der Waals surface area contributed by atoms with E-state index in [9.17, 15) is 0 Å². The zero-order valence-corrected chi connectivity index (χ0v) is 11.2. The fourth-order valence-corrected chi connectivity index (χ4v) is 1.74. The van der Waals surface area contributed by atoms with E-state index in [1.54, 1.807) is 7.11 Å². The minimum Gasteiger partial charge on any atom is -0.497 e. The zero-order valence-electron chi connectivity index (χ0n) is 11.2. The van der Waals surface area contributed by atoms with E-state index in [2.05, 4.69) is 45.9 Å². The Labute approximate surface area is 99.8 Å². The predicted octanol–water partition coefficient (Wildman–Crippen LogP) is 4.41. The molecule has 0 unspecified atom stereocenters. The summed E-state index contributed by atoms with van der Waals surface area (Å²) in [5.41, 5.74) is 2.77. The van der Waals surface area contributed by atoms with Crippen molar-refractivity contribution in [2.24, 2.45) is 5.92 Å². The van der Waals surface area contributed by atoms with Gasteiger partial charge in [-0.2, -0.15) is 0 Å². The monoisotopic (exact) mass is 220 g/mol. The Bertz CT molecular complexity index is 326. The smallest absolute Gasteiger partial charge is 0.119 e. The summed E-state index contributed by atoms with van der Waals surface area (Å²) in [6.45, 7) is 8.98. The maximum Gasteiger partial charge on any atom is 0.119 e. The van der Waals surface area contributed by atoms with Crippen molar-refractivity contribution in [2.75, 3.05) is 7.11 Å². The molecule has 0 saturated heterocycles.